The molecule has 1 aromatic carbocycles. The lowest BCUT2D eigenvalue weighted by molar-refractivity contribution is -0.144. The number of piperazine rings is 1. The predicted octanol–water partition coefficient (Wildman–Crippen LogP) is 1.92. The van der Waals surface area contributed by atoms with E-state index < -0.39 is 12.0 Å². The third-order valence-electron chi connectivity index (χ3n) is 3.88. The quantitative estimate of drug-likeness (QED) is 0.878. The van der Waals surface area contributed by atoms with Gasteiger partial charge in [0.1, 0.15) is 11.8 Å². The molecule has 2 unspecified atom stereocenters. The highest BCUT2D eigenvalue weighted by molar-refractivity contribution is 9.10. The number of aromatic hydroxyl groups is 1. The van der Waals surface area contributed by atoms with E-state index in [0.717, 1.165) is 13.1 Å². The fourth-order valence-electron chi connectivity index (χ4n) is 2.51. The van der Waals surface area contributed by atoms with Gasteiger partial charge in [0.25, 0.3) is 0 Å². The fourth-order valence-corrected chi connectivity index (χ4v) is 2.91. The second kappa shape index (κ2) is 6.11. The van der Waals surface area contributed by atoms with Crippen molar-refractivity contribution < 1.29 is 15.0 Å². The molecule has 0 spiro atoms. The zero-order valence-electron chi connectivity index (χ0n) is 11.6. The van der Waals surface area contributed by atoms with Crippen molar-refractivity contribution in [2.75, 3.05) is 26.7 Å². The van der Waals surface area contributed by atoms with E-state index in [2.05, 4.69) is 34.8 Å². The lowest BCUT2D eigenvalue weighted by Crippen LogP contribution is -2.52. The van der Waals surface area contributed by atoms with Gasteiger partial charge in [0.05, 0.1) is 4.47 Å². The van der Waals surface area contributed by atoms with E-state index >= 15 is 0 Å². The number of likely N-dealkylation sites (N-methyl/N-ethyl adjacent to an activating group) is 1. The van der Waals surface area contributed by atoms with Gasteiger partial charge in [-0.3, -0.25) is 9.69 Å². The topological polar surface area (TPSA) is 64.0 Å². The summed E-state index contributed by atoms with van der Waals surface area (Å²) in [5.74, 6) is -0.746. The molecule has 110 valence electrons. The minimum Gasteiger partial charge on any atom is -0.507 e. The van der Waals surface area contributed by atoms with Crippen LogP contribution in [-0.4, -0.2) is 58.7 Å². The van der Waals surface area contributed by atoms with Crippen LogP contribution in [0.5, 0.6) is 5.75 Å². The monoisotopic (exact) mass is 342 g/mol. The van der Waals surface area contributed by atoms with Crippen molar-refractivity contribution >= 4 is 21.9 Å². The van der Waals surface area contributed by atoms with Gasteiger partial charge in [0.15, 0.2) is 0 Å². The first-order chi connectivity index (χ1) is 9.40. The first-order valence-corrected chi connectivity index (χ1v) is 7.35. The van der Waals surface area contributed by atoms with E-state index in [1.807, 2.05) is 4.90 Å². The van der Waals surface area contributed by atoms with Crippen LogP contribution in [0.25, 0.3) is 0 Å². The molecule has 20 heavy (non-hydrogen) atoms. The molecule has 5 nitrogen and oxygen atoms in total. The second-order valence-electron chi connectivity index (χ2n) is 5.28. The number of carboxylic acids is 1. The molecule has 0 aliphatic carbocycles. The van der Waals surface area contributed by atoms with Crippen LogP contribution in [-0.2, 0) is 4.79 Å². The number of phenols is 1. The van der Waals surface area contributed by atoms with Gasteiger partial charge in [-0.15, -0.1) is 0 Å². The van der Waals surface area contributed by atoms with Gasteiger partial charge in [0.2, 0.25) is 0 Å². The molecule has 2 atom stereocenters. The summed E-state index contributed by atoms with van der Waals surface area (Å²) in [6.45, 7) is 4.38. The lowest BCUT2D eigenvalue weighted by atomic mass is 10.0. The molecule has 2 rings (SSSR count). The Hall–Kier alpha value is -1.11. The molecule has 1 aliphatic rings. The van der Waals surface area contributed by atoms with Crippen LogP contribution < -0.4 is 0 Å². The van der Waals surface area contributed by atoms with Gasteiger partial charge >= 0.3 is 5.97 Å². The summed E-state index contributed by atoms with van der Waals surface area (Å²) in [5, 5.41) is 19.1. The summed E-state index contributed by atoms with van der Waals surface area (Å²) in [7, 11) is 2.05. The Kier molecular flexibility index (Phi) is 4.67. The van der Waals surface area contributed by atoms with Gasteiger partial charge in [-0.1, -0.05) is 6.07 Å². The third kappa shape index (κ3) is 3.13. The zero-order chi connectivity index (χ0) is 14.9. The predicted molar refractivity (Wildman–Crippen MR) is 79.8 cm³/mol. The first-order valence-electron chi connectivity index (χ1n) is 6.55. The Labute approximate surface area is 126 Å². The molecule has 1 fully saturated rings. The molecule has 1 heterocycles. The van der Waals surface area contributed by atoms with Crippen LogP contribution in [0.3, 0.4) is 0 Å². The molecule has 6 heteroatoms. The van der Waals surface area contributed by atoms with Crippen molar-refractivity contribution in [1.82, 2.24) is 9.80 Å². The zero-order valence-corrected chi connectivity index (χ0v) is 13.2. The summed E-state index contributed by atoms with van der Waals surface area (Å²) in [6, 6.07) is 4.52. The minimum atomic E-state index is -0.862. The largest absolute Gasteiger partial charge is 0.507 e. The number of rotatable bonds is 3. The molecule has 0 aromatic heterocycles. The molecular weight excluding hydrogens is 324 g/mol. The van der Waals surface area contributed by atoms with Crippen LogP contribution in [0.4, 0.5) is 0 Å². The number of benzene rings is 1. The molecule has 1 aromatic rings. The number of aliphatic carboxylic acids is 1. The van der Waals surface area contributed by atoms with Crippen molar-refractivity contribution in [3.8, 4) is 5.75 Å². The Morgan fingerprint density at radius 1 is 1.45 bits per heavy atom. The number of hydrogen-bond acceptors (Lipinski definition) is 4. The van der Waals surface area contributed by atoms with Crippen LogP contribution in [0.15, 0.2) is 22.7 Å². The molecular formula is C14H19BrN2O3. The van der Waals surface area contributed by atoms with Crippen molar-refractivity contribution in [3.05, 3.63) is 28.2 Å². The maximum absolute atomic E-state index is 11.7. The first kappa shape index (κ1) is 15.3. The number of carboxylic acid groups (broad SMARTS) is 1. The van der Waals surface area contributed by atoms with E-state index in [-0.39, 0.29) is 5.75 Å². The van der Waals surface area contributed by atoms with Crippen LogP contribution in [0, 0.1) is 0 Å². The lowest BCUT2D eigenvalue weighted by Gasteiger charge is -2.40. The second-order valence-corrected chi connectivity index (χ2v) is 6.13. The standard InChI is InChI=1S/C14H19BrN2O3/c1-9-8-17(6-5-16(9)2)13(14(19)20)10-3-4-12(18)11(15)7-10/h3-4,7,9,13,18H,5-6,8H2,1-2H3,(H,19,20). The van der Waals surface area contributed by atoms with Crippen LogP contribution in [0.1, 0.15) is 18.5 Å². The van der Waals surface area contributed by atoms with Gasteiger partial charge in [-0.05, 0) is 47.6 Å². The molecule has 0 saturated carbocycles. The third-order valence-corrected chi connectivity index (χ3v) is 4.51. The summed E-state index contributed by atoms with van der Waals surface area (Å²) in [4.78, 5) is 15.9. The van der Waals surface area contributed by atoms with Crippen molar-refractivity contribution in [3.63, 3.8) is 0 Å². The number of phenolic OH excluding ortho intramolecular Hbond substituents is 1. The molecule has 0 bridgehead atoms. The Morgan fingerprint density at radius 2 is 2.15 bits per heavy atom. The van der Waals surface area contributed by atoms with E-state index in [1.165, 1.54) is 6.07 Å². The number of halogens is 1. The SMILES string of the molecule is CC1CN(C(C(=O)O)c2ccc(O)c(Br)c2)CCN1C. The molecule has 2 N–H and O–H groups in total. The molecule has 0 amide bonds. The maximum Gasteiger partial charge on any atom is 0.325 e. The Balaban J connectivity index is 2.27. The summed E-state index contributed by atoms with van der Waals surface area (Å²) in [5.41, 5.74) is 0.680. The van der Waals surface area contributed by atoms with Crippen molar-refractivity contribution in [2.45, 2.75) is 19.0 Å². The van der Waals surface area contributed by atoms with Gasteiger partial charge in [-0.2, -0.15) is 0 Å². The maximum atomic E-state index is 11.7. The molecule has 0 radical (unpaired) electrons. The molecule has 1 saturated heterocycles. The van der Waals surface area contributed by atoms with Crippen molar-refractivity contribution in [1.29, 1.82) is 0 Å². The highest BCUT2D eigenvalue weighted by Gasteiger charge is 2.32. The van der Waals surface area contributed by atoms with E-state index in [4.69, 9.17) is 0 Å². The van der Waals surface area contributed by atoms with Crippen molar-refractivity contribution in [2.24, 2.45) is 0 Å². The number of carbonyl (C=O) groups is 1. The highest BCUT2D eigenvalue weighted by Crippen LogP contribution is 2.30. The average Bonchev–Trinajstić information content (AvgIpc) is 2.38. The summed E-state index contributed by atoms with van der Waals surface area (Å²) < 4.78 is 0.517. The van der Waals surface area contributed by atoms with E-state index in [1.54, 1.807) is 12.1 Å². The number of nitrogens with zero attached hydrogens (tertiary/aromatic N) is 2. The van der Waals surface area contributed by atoms with Crippen LogP contribution in [0.2, 0.25) is 0 Å². The highest BCUT2D eigenvalue weighted by atomic mass is 79.9. The van der Waals surface area contributed by atoms with Crippen LogP contribution >= 0.6 is 15.9 Å². The summed E-state index contributed by atoms with van der Waals surface area (Å²) in [6.07, 6.45) is 0. The number of hydrogen-bond donors (Lipinski definition) is 2. The Morgan fingerprint density at radius 3 is 2.70 bits per heavy atom. The Bertz CT molecular complexity index is 509. The smallest absolute Gasteiger partial charge is 0.325 e. The fraction of sp³-hybridized carbons (Fsp3) is 0.500. The summed E-state index contributed by atoms with van der Waals surface area (Å²) >= 11 is 3.24. The minimum absolute atomic E-state index is 0.115. The van der Waals surface area contributed by atoms with Gasteiger partial charge < -0.3 is 15.1 Å². The van der Waals surface area contributed by atoms with Gasteiger partial charge in [0, 0.05) is 25.7 Å². The van der Waals surface area contributed by atoms with E-state index in [9.17, 15) is 15.0 Å². The normalized spacial score (nSPS) is 22.6. The average molecular weight is 343 g/mol. The molecule has 1 aliphatic heterocycles. The van der Waals surface area contributed by atoms with E-state index in [0.29, 0.717) is 22.6 Å². The van der Waals surface area contributed by atoms with Gasteiger partial charge in [-0.25, -0.2) is 0 Å².